The van der Waals surface area contributed by atoms with Gasteiger partial charge in [-0.3, -0.25) is 14.0 Å². The maximum atomic E-state index is 13.2. The Morgan fingerprint density at radius 2 is 1.89 bits per heavy atom. The summed E-state index contributed by atoms with van der Waals surface area (Å²) in [7, 11) is 1.58. The lowest BCUT2D eigenvalue weighted by atomic mass is 10.1. The summed E-state index contributed by atoms with van der Waals surface area (Å²) in [5, 5.41) is 18.1. The molecule has 11 nitrogen and oxygen atoms in total. The van der Waals surface area contributed by atoms with E-state index in [2.05, 4.69) is 25.4 Å². The third-order valence-corrected chi connectivity index (χ3v) is 6.29. The van der Waals surface area contributed by atoms with Crippen molar-refractivity contribution in [3.63, 3.8) is 0 Å². The number of nitrogens with zero attached hydrogens (tertiary/aromatic N) is 6. The maximum absolute atomic E-state index is 13.2. The number of rotatable bonds is 7. The molecule has 1 aromatic carbocycles. The summed E-state index contributed by atoms with van der Waals surface area (Å²) in [6.07, 6.45) is 4.63. The van der Waals surface area contributed by atoms with Gasteiger partial charge in [-0.05, 0) is 31.2 Å². The third kappa shape index (κ3) is 4.76. The Morgan fingerprint density at radius 1 is 1.13 bits per heavy atom. The summed E-state index contributed by atoms with van der Waals surface area (Å²) in [5.74, 6) is -1.00. The molecule has 0 atom stereocenters. The minimum absolute atomic E-state index is 0.114. The molecule has 2 N–H and O–H groups in total. The van der Waals surface area contributed by atoms with Gasteiger partial charge in [-0.1, -0.05) is 29.3 Å². The van der Waals surface area contributed by atoms with E-state index in [1.54, 1.807) is 48.3 Å². The Hall–Kier alpha value is -4.48. The molecule has 0 unspecified atom stereocenters. The van der Waals surface area contributed by atoms with Gasteiger partial charge >= 0.3 is 5.97 Å². The number of aromatic carboxylic acids is 1. The summed E-state index contributed by atoms with van der Waals surface area (Å²) in [4.78, 5) is 37.9. The molecule has 0 saturated heterocycles. The van der Waals surface area contributed by atoms with Crippen molar-refractivity contribution in [1.82, 2.24) is 29.3 Å². The first-order chi connectivity index (χ1) is 18.2. The highest BCUT2D eigenvalue weighted by Crippen LogP contribution is 2.34. The number of halogens is 2. The molecule has 0 radical (unpaired) electrons. The second-order valence-corrected chi connectivity index (χ2v) is 8.92. The highest BCUT2D eigenvalue weighted by molar-refractivity contribution is 6.39. The van der Waals surface area contributed by atoms with Crippen LogP contribution in [0.1, 0.15) is 17.3 Å². The van der Waals surface area contributed by atoms with Crippen molar-refractivity contribution in [2.75, 3.05) is 5.32 Å². The van der Waals surface area contributed by atoms with Gasteiger partial charge < -0.3 is 15.2 Å². The molecule has 38 heavy (non-hydrogen) atoms. The summed E-state index contributed by atoms with van der Waals surface area (Å²) in [6, 6.07) is 9.60. The molecule has 0 fully saturated rings. The second-order valence-electron chi connectivity index (χ2n) is 8.11. The van der Waals surface area contributed by atoms with Gasteiger partial charge in [-0.25, -0.2) is 14.8 Å². The molecule has 5 aromatic rings. The van der Waals surface area contributed by atoms with Crippen LogP contribution >= 0.6 is 23.2 Å². The summed E-state index contributed by atoms with van der Waals surface area (Å²) < 4.78 is 8.58. The monoisotopic (exact) mass is 551 g/mol. The van der Waals surface area contributed by atoms with Crippen LogP contribution in [0.4, 0.5) is 11.6 Å². The minimum Gasteiger partial charge on any atom is -0.477 e. The number of carboxylic acids is 1. The van der Waals surface area contributed by atoms with Crippen molar-refractivity contribution in [2.24, 2.45) is 7.05 Å². The first kappa shape index (κ1) is 25.2. The van der Waals surface area contributed by atoms with Crippen molar-refractivity contribution in [3.05, 3.63) is 81.0 Å². The van der Waals surface area contributed by atoms with Gasteiger partial charge in [0.25, 0.3) is 5.56 Å². The van der Waals surface area contributed by atoms with E-state index in [1.165, 1.54) is 23.0 Å². The molecule has 0 spiro atoms. The van der Waals surface area contributed by atoms with E-state index in [-0.39, 0.29) is 28.8 Å². The van der Waals surface area contributed by atoms with E-state index in [9.17, 15) is 14.7 Å². The fourth-order valence-corrected chi connectivity index (χ4v) is 4.40. The Labute approximate surface area is 225 Å². The van der Waals surface area contributed by atoms with E-state index >= 15 is 0 Å². The van der Waals surface area contributed by atoms with Gasteiger partial charge in [0.2, 0.25) is 17.7 Å². The number of pyridine rings is 2. The van der Waals surface area contributed by atoms with Crippen molar-refractivity contribution in [2.45, 2.75) is 13.5 Å². The molecule has 4 aromatic heterocycles. The number of hydrogen-bond acceptors (Lipinski definition) is 8. The van der Waals surface area contributed by atoms with Gasteiger partial charge in [0, 0.05) is 43.0 Å². The highest BCUT2D eigenvalue weighted by Gasteiger charge is 2.18. The molecule has 5 rings (SSSR count). The van der Waals surface area contributed by atoms with Crippen molar-refractivity contribution in [3.8, 4) is 22.9 Å². The molecular formula is C25H19Cl2N7O4. The standard InChI is InChI=1S/C25H19Cl2N7O4/c1-3-34-8-7-19(32-34)38-22-16(24(36)37)10-14(12-28-22)30-25-29-11-13-9-15(23(35)33(2)21(13)31-25)20-17(26)5-4-6-18(20)27/h4-12H,3H2,1-2H3,(H,36,37)(H,29,30,31). The smallest absolute Gasteiger partial charge is 0.341 e. The lowest BCUT2D eigenvalue weighted by Gasteiger charge is -2.12. The second kappa shape index (κ2) is 10.1. The van der Waals surface area contributed by atoms with Crippen molar-refractivity contribution >= 4 is 51.8 Å². The van der Waals surface area contributed by atoms with E-state index < -0.39 is 5.97 Å². The van der Waals surface area contributed by atoms with Gasteiger partial charge in [0.05, 0.1) is 27.5 Å². The summed E-state index contributed by atoms with van der Waals surface area (Å²) >= 11 is 12.6. The first-order valence-corrected chi connectivity index (χ1v) is 12.0. The molecule has 0 aliphatic carbocycles. The SMILES string of the molecule is CCn1ccc(Oc2ncc(Nc3ncc4cc(-c5c(Cl)cccc5Cl)c(=O)n(C)c4n3)cc2C(=O)O)n1. The summed E-state index contributed by atoms with van der Waals surface area (Å²) in [6.45, 7) is 2.55. The van der Waals surface area contributed by atoms with E-state index in [4.69, 9.17) is 27.9 Å². The van der Waals surface area contributed by atoms with Crippen LogP contribution in [0.2, 0.25) is 10.0 Å². The van der Waals surface area contributed by atoms with Crippen LogP contribution in [0.15, 0.2) is 59.8 Å². The number of nitrogens with one attached hydrogen (secondary N) is 1. The predicted molar refractivity (Wildman–Crippen MR) is 143 cm³/mol. The predicted octanol–water partition coefficient (Wildman–Crippen LogP) is 5.15. The van der Waals surface area contributed by atoms with Crippen LogP contribution in [-0.4, -0.2) is 40.4 Å². The fraction of sp³-hybridized carbons (Fsp3) is 0.120. The van der Waals surface area contributed by atoms with Gasteiger partial charge in [0.1, 0.15) is 11.2 Å². The van der Waals surface area contributed by atoms with E-state index in [0.717, 1.165) is 0 Å². The zero-order chi connectivity index (χ0) is 27.0. The number of fused-ring (bicyclic) bond motifs is 1. The molecular weight excluding hydrogens is 533 g/mol. The number of ether oxygens (including phenoxy) is 1. The molecule has 0 bridgehead atoms. The highest BCUT2D eigenvalue weighted by atomic mass is 35.5. The third-order valence-electron chi connectivity index (χ3n) is 5.66. The molecule has 0 saturated carbocycles. The molecule has 4 heterocycles. The van der Waals surface area contributed by atoms with Gasteiger partial charge in [0.15, 0.2) is 0 Å². The van der Waals surface area contributed by atoms with Crippen LogP contribution in [0, 0.1) is 0 Å². The van der Waals surface area contributed by atoms with Crippen LogP contribution < -0.4 is 15.6 Å². The van der Waals surface area contributed by atoms with Crippen LogP contribution in [0.25, 0.3) is 22.2 Å². The number of carboxylic acid groups (broad SMARTS) is 1. The largest absolute Gasteiger partial charge is 0.477 e. The maximum Gasteiger partial charge on any atom is 0.341 e. The average Bonchev–Trinajstić information content (AvgIpc) is 3.35. The molecule has 192 valence electrons. The van der Waals surface area contributed by atoms with Crippen LogP contribution in [0.3, 0.4) is 0 Å². The minimum atomic E-state index is -1.24. The zero-order valence-corrected chi connectivity index (χ0v) is 21.5. The normalized spacial score (nSPS) is 11.1. The van der Waals surface area contributed by atoms with Gasteiger partial charge in [-0.2, -0.15) is 4.98 Å². The van der Waals surface area contributed by atoms with E-state index in [0.29, 0.717) is 44.4 Å². The van der Waals surface area contributed by atoms with Gasteiger partial charge in [-0.15, -0.1) is 5.10 Å². The number of aryl methyl sites for hydroxylation is 2. The Morgan fingerprint density at radius 3 is 2.58 bits per heavy atom. The summed E-state index contributed by atoms with van der Waals surface area (Å²) in [5.41, 5.74) is 0.857. The lowest BCUT2D eigenvalue weighted by Crippen LogP contribution is -2.20. The fourth-order valence-electron chi connectivity index (χ4n) is 3.80. The number of aromatic nitrogens is 6. The van der Waals surface area contributed by atoms with Crippen molar-refractivity contribution in [1.29, 1.82) is 0 Å². The average molecular weight is 552 g/mol. The first-order valence-electron chi connectivity index (χ1n) is 11.3. The number of benzene rings is 1. The quantitative estimate of drug-likeness (QED) is 0.281. The lowest BCUT2D eigenvalue weighted by molar-refractivity contribution is 0.0693. The molecule has 13 heteroatoms. The number of hydrogen-bond donors (Lipinski definition) is 2. The zero-order valence-electron chi connectivity index (χ0n) is 20.0. The molecule has 0 amide bonds. The Kier molecular flexibility index (Phi) is 6.70. The Bertz CT molecular complexity index is 1750. The van der Waals surface area contributed by atoms with Crippen LogP contribution in [0.5, 0.6) is 11.8 Å². The van der Waals surface area contributed by atoms with Crippen molar-refractivity contribution < 1.29 is 14.6 Å². The number of carbonyl (C=O) groups is 1. The Balaban J connectivity index is 1.48. The van der Waals surface area contributed by atoms with Crippen LogP contribution in [-0.2, 0) is 13.6 Å². The van der Waals surface area contributed by atoms with E-state index in [1.807, 2.05) is 6.92 Å². The topological polar surface area (TPSA) is 137 Å². The number of anilines is 2. The molecule has 0 aliphatic rings. The molecule has 0 aliphatic heterocycles.